The van der Waals surface area contributed by atoms with E-state index in [1.165, 1.54) is 0 Å². The molecule has 0 bridgehead atoms. The number of nitrogens with zero attached hydrogens (tertiary/aromatic N) is 2. The Bertz CT molecular complexity index is 701. The lowest BCUT2D eigenvalue weighted by atomic mass is 9.97. The molecule has 1 atom stereocenters. The van der Waals surface area contributed by atoms with Gasteiger partial charge in [0.2, 0.25) is 5.91 Å². The van der Waals surface area contributed by atoms with E-state index in [-0.39, 0.29) is 29.8 Å². The number of carbonyl (C=O) groups is 3. The molecule has 4 amide bonds. The summed E-state index contributed by atoms with van der Waals surface area (Å²) in [6.45, 7) is 10.1. The molecule has 2 N–H and O–H groups in total. The minimum Gasteiger partial charge on any atom is -0.350 e. The summed E-state index contributed by atoms with van der Waals surface area (Å²) in [6, 6.07) is 6.96. The number of benzene rings is 1. The Kier molecular flexibility index (Phi) is 7.84. The molecule has 1 aromatic carbocycles. The number of rotatable bonds is 6. The molecule has 7 heteroatoms. The molecule has 1 aliphatic rings. The van der Waals surface area contributed by atoms with Crippen LogP contribution in [0.25, 0.3) is 0 Å². The van der Waals surface area contributed by atoms with Crippen molar-refractivity contribution >= 4 is 23.5 Å². The molecule has 7 nitrogen and oxygen atoms in total. The van der Waals surface area contributed by atoms with Crippen molar-refractivity contribution in [2.45, 2.75) is 46.6 Å². The van der Waals surface area contributed by atoms with Crippen molar-refractivity contribution in [3.63, 3.8) is 0 Å². The van der Waals surface area contributed by atoms with E-state index < -0.39 is 0 Å². The Morgan fingerprint density at radius 1 is 1.21 bits per heavy atom. The average Bonchev–Trinajstić information content (AvgIpc) is 2.68. The molecule has 2 rings (SSSR count). The predicted octanol–water partition coefficient (Wildman–Crippen LogP) is 2.94. The van der Waals surface area contributed by atoms with Crippen LogP contribution in [-0.4, -0.2) is 59.9 Å². The van der Waals surface area contributed by atoms with Gasteiger partial charge in [-0.3, -0.25) is 9.59 Å². The van der Waals surface area contributed by atoms with Crippen molar-refractivity contribution < 1.29 is 14.4 Å². The Labute approximate surface area is 167 Å². The minimum atomic E-state index is -0.249. The molecular formula is C21H32N4O3. The van der Waals surface area contributed by atoms with Gasteiger partial charge in [-0.15, -0.1) is 0 Å². The lowest BCUT2D eigenvalue weighted by Gasteiger charge is -2.35. The fraction of sp³-hybridized carbons (Fsp3) is 0.571. The number of hydrogen-bond donors (Lipinski definition) is 2. The van der Waals surface area contributed by atoms with Gasteiger partial charge in [-0.05, 0) is 58.7 Å². The first-order valence-corrected chi connectivity index (χ1v) is 10.1. The number of hydrogen-bond acceptors (Lipinski definition) is 3. The van der Waals surface area contributed by atoms with Crippen LogP contribution in [0.5, 0.6) is 0 Å². The molecule has 1 unspecified atom stereocenters. The van der Waals surface area contributed by atoms with E-state index in [1.807, 2.05) is 27.7 Å². The number of amides is 4. The van der Waals surface area contributed by atoms with Gasteiger partial charge in [0, 0.05) is 43.5 Å². The highest BCUT2D eigenvalue weighted by molar-refractivity contribution is 5.98. The van der Waals surface area contributed by atoms with E-state index in [1.54, 1.807) is 34.1 Å². The molecular weight excluding hydrogens is 356 g/mol. The van der Waals surface area contributed by atoms with Crippen molar-refractivity contribution in [3.8, 4) is 0 Å². The first-order valence-electron chi connectivity index (χ1n) is 10.1. The molecule has 0 saturated carbocycles. The molecule has 0 spiro atoms. The third-order valence-electron chi connectivity index (χ3n) is 4.91. The second kappa shape index (κ2) is 10.1. The van der Waals surface area contributed by atoms with E-state index in [9.17, 15) is 14.4 Å². The number of piperidine rings is 1. The van der Waals surface area contributed by atoms with E-state index in [2.05, 4.69) is 10.6 Å². The maximum atomic E-state index is 12.7. The van der Waals surface area contributed by atoms with Gasteiger partial charge in [-0.2, -0.15) is 0 Å². The van der Waals surface area contributed by atoms with Crippen molar-refractivity contribution in [1.82, 2.24) is 15.1 Å². The summed E-state index contributed by atoms with van der Waals surface area (Å²) in [7, 11) is 0. The predicted molar refractivity (Wildman–Crippen MR) is 110 cm³/mol. The van der Waals surface area contributed by atoms with E-state index in [0.29, 0.717) is 37.4 Å². The second-order valence-electron chi connectivity index (χ2n) is 7.44. The number of anilines is 1. The van der Waals surface area contributed by atoms with Crippen LogP contribution in [0.4, 0.5) is 10.5 Å². The van der Waals surface area contributed by atoms with Crippen LogP contribution >= 0.6 is 0 Å². The summed E-state index contributed by atoms with van der Waals surface area (Å²) >= 11 is 0. The molecule has 154 valence electrons. The maximum absolute atomic E-state index is 12.7. The van der Waals surface area contributed by atoms with Crippen LogP contribution in [-0.2, 0) is 4.79 Å². The average molecular weight is 389 g/mol. The zero-order valence-electron chi connectivity index (χ0n) is 17.3. The zero-order valence-corrected chi connectivity index (χ0v) is 17.3. The van der Waals surface area contributed by atoms with Crippen molar-refractivity contribution in [3.05, 3.63) is 29.8 Å². The first-order chi connectivity index (χ1) is 13.3. The van der Waals surface area contributed by atoms with Crippen LogP contribution in [0.3, 0.4) is 0 Å². The molecule has 1 aromatic rings. The van der Waals surface area contributed by atoms with E-state index in [0.717, 1.165) is 12.8 Å². The summed E-state index contributed by atoms with van der Waals surface area (Å²) in [4.78, 5) is 41.0. The summed E-state index contributed by atoms with van der Waals surface area (Å²) in [5, 5.41) is 5.75. The van der Waals surface area contributed by atoms with Crippen molar-refractivity contribution in [2.24, 2.45) is 5.92 Å². The summed E-state index contributed by atoms with van der Waals surface area (Å²) in [5.41, 5.74) is 1.10. The largest absolute Gasteiger partial charge is 0.350 e. The molecule has 28 heavy (non-hydrogen) atoms. The lowest BCUT2D eigenvalue weighted by molar-refractivity contribution is -0.121. The quantitative estimate of drug-likeness (QED) is 0.786. The molecule has 0 radical (unpaired) electrons. The van der Waals surface area contributed by atoms with Crippen LogP contribution in [0, 0.1) is 5.92 Å². The highest BCUT2D eigenvalue weighted by Gasteiger charge is 2.30. The number of carbonyl (C=O) groups excluding carboxylic acids is 3. The molecule has 1 saturated heterocycles. The number of urea groups is 1. The summed E-state index contributed by atoms with van der Waals surface area (Å²) < 4.78 is 0. The van der Waals surface area contributed by atoms with Gasteiger partial charge in [-0.25, -0.2) is 4.79 Å². The summed E-state index contributed by atoms with van der Waals surface area (Å²) in [5.74, 6) is -0.528. The van der Waals surface area contributed by atoms with Crippen molar-refractivity contribution in [2.75, 3.05) is 31.5 Å². The van der Waals surface area contributed by atoms with Crippen molar-refractivity contribution in [1.29, 1.82) is 0 Å². The van der Waals surface area contributed by atoms with Gasteiger partial charge in [0.1, 0.15) is 0 Å². The molecule has 0 aromatic heterocycles. The summed E-state index contributed by atoms with van der Waals surface area (Å²) in [6.07, 6.45) is 1.56. The van der Waals surface area contributed by atoms with Gasteiger partial charge < -0.3 is 20.4 Å². The van der Waals surface area contributed by atoms with Crippen LogP contribution in [0.2, 0.25) is 0 Å². The fourth-order valence-electron chi connectivity index (χ4n) is 3.39. The minimum absolute atomic E-state index is 0.00476. The standard InChI is InChI=1S/C21H32N4O3/c1-5-24(6-2)21(28)25-12-8-10-17(14-25)20(27)23-18-11-7-9-16(13-18)19(26)22-15(3)4/h7,9,11,13,15,17H,5-6,8,10,12,14H2,1-4H3,(H,22,26)(H,23,27). The smallest absolute Gasteiger partial charge is 0.320 e. The lowest BCUT2D eigenvalue weighted by Crippen LogP contribution is -2.49. The Morgan fingerprint density at radius 2 is 1.93 bits per heavy atom. The van der Waals surface area contributed by atoms with Gasteiger partial charge in [-0.1, -0.05) is 6.07 Å². The highest BCUT2D eigenvalue weighted by atomic mass is 16.2. The Morgan fingerprint density at radius 3 is 2.57 bits per heavy atom. The third kappa shape index (κ3) is 5.71. The van der Waals surface area contributed by atoms with Crippen LogP contribution < -0.4 is 10.6 Å². The normalized spacial score (nSPS) is 16.6. The molecule has 1 fully saturated rings. The second-order valence-corrected chi connectivity index (χ2v) is 7.44. The molecule has 1 aliphatic heterocycles. The van der Waals surface area contributed by atoms with Gasteiger partial charge in [0.05, 0.1) is 5.92 Å². The maximum Gasteiger partial charge on any atom is 0.320 e. The monoisotopic (exact) mass is 388 g/mol. The SMILES string of the molecule is CCN(CC)C(=O)N1CCCC(C(=O)Nc2cccc(C(=O)NC(C)C)c2)C1. The Hall–Kier alpha value is -2.57. The highest BCUT2D eigenvalue weighted by Crippen LogP contribution is 2.20. The molecule has 1 heterocycles. The number of nitrogens with one attached hydrogen (secondary N) is 2. The number of likely N-dealkylation sites (tertiary alicyclic amines) is 1. The molecule has 0 aliphatic carbocycles. The van der Waals surface area contributed by atoms with Gasteiger partial charge in [0.25, 0.3) is 5.91 Å². The van der Waals surface area contributed by atoms with Crippen LogP contribution in [0.1, 0.15) is 50.9 Å². The first kappa shape index (κ1) is 21.7. The zero-order chi connectivity index (χ0) is 20.7. The van der Waals surface area contributed by atoms with Gasteiger partial charge >= 0.3 is 6.03 Å². The third-order valence-corrected chi connectivity index (χ3v) is 4.91. The fourth-order valence-corrected chi connectivity index (χ4v) is 3.39. The van der Waals surface area contributed by atoms with Gasteiger partial charge in [0.15, 0.2) is 0 Å². The van der Waals surface area contributed by atoms with E-state index >= 15 is 0 Å². The Balaban J connectivity index is 2.00. The van der Waals surface area contributed by atoms with E-state index in [4.69, 9.17) is 0 Å². The topological polar surface area (TPSA) is 81.8 Å². The van der Waals surface area contributed by atoms with Crippen LogP contribution in [0.15, 0.2) is 24.3 Å².